The van der Waals surface area contributed by atoms with Gasteiger partial charge in [-0.05, 0) is 18.6 Å². The molecule has 2 aliphatic heterocycles. The van der Waals surface area contributed by atoms with Gasteiger partial charge in [0, 0.05) is 50.1 Å². The summed E-state index contributed by atoms with van der Waals surface area (Å²) in [5, 5.41) is 9.78. The topological polar surface area (TPSA) is 84.8 Å². The van der Waals surface area contributed by atoms with Gasteiger partial charge < -0.3 is 14.6 Å². The van der Waals surface area contributed by atoms with E-state index in [1.807, 2.05) is 24.3 Å². The number of likely N-dealkylation sites (tertiary alicyclic amines) is 1. The maximum Gasteiger partial charge on any atom is 0.311 e. The lowest BCUT2D eigenvalue weighted by molar-refractivity contribution is -0.157. The molecule has 1 aromatic carbocycles. The van der Waals surface area contributed by atoms with Crippen molar-refractivity contribution in [2.24, 2.45) is 11.3 Å². The van der Waals surface area contributed by atoms with Crippen molar-refractivity contribution in [1.29, 1.82) is 0 Å². The highest BCUT2D eigenvalue weighted by atomic mass is 16.5. The second kappa shape index (κ2) is 7.25. The zero-order valence-corrected chi connectivity index (χ0v) is 15.3. The van der Waals surface area contributed by atoms with E-state index in [1.165, 1.54) is 0 Å². The van der Waals surface area contributed by atoms with Crippen LogP contribution in [0.2, 0.25) is 0 Å². The first kappa shape index (κ1) is 17.9. The van der Waals surface area contributed by atoms with Gasteiger partial charge >= 0.3 is 5.97 Å². The molecule has 1 aromatic heterocycles. The first-order valence-corrected chi connectivity index (χ1v) is 9.10. The number of hydrogen-bond donors (Lipinski definition) is 1. The summed E-state index contributed by atoms with van der Waals surface area (Å²) in [6, 6.07) is 7.64. The lowest BCUT2D eigenvalue weighted by Gasteiger charge is -2.34. The number of ether oxygens (including phenoxy) is 2. The van der Waals surface area contributed by atoms with Gasteiger partial charge in [0.1, 0.15) is 5.75 Å². The van der Waals surface area contributed by atoms with Crippen molar-refractivity contribution in [3.05, 3.63) is 42.2 Å². The third kappa shape index (κ3) is 3.28. The maximum absolute atomic E-state index is 11.9. The SMILES string of the molecule is COc1ccccc1-c1ncc(CN2C[C@@H]3COCC[C@]3(C(=O)O)C2)cn1. The number of carboxylic acids is 1. The minimum atomic E-state index is -0.707. The largest absolute Gasteiger partial charge is 0.496 e. The molecule has 4 rings (SSSR count). The molecule has 2 saturated heterocycles. The summed E-state index contributed by atoms with van der Waals surface area (Å²) in [7, 11) is 1.63. The molecular formula is C20H23N3O4. The van der Waals surface area contributed by atoms with E-state index in [1.54, 1.807) is 19.5 Å². The van der Waals surface area contributed by atoms with E-state index in [-0.39, 0.29) is 5.92 Å². The summed E-state index contributed by atoms with van der Waals surface area (Å²) in [5.41, 5.74) is 1.13. The van der Waals surface area contributed by atoms with Crippen LogP contribution in [-0.4, -0.2) is 59.4 Å². The summed E-state index contributed by atoms with van der Waals surface area (Å²) >= 11 is 0. The monoisotopic (exact) mass is 369 g/mol. The number of carbonyl (C=O) groups is 1. The fraction of sp³-hybridized carbons (Fsp3) is 0.450. The van der Waals surface area contributed by atoms with Crippen LogP contribution < -0.4 is 4.74 Å². The second-order valence-corrected chi connectivity index (χ2v) is 7.27. The van der Waals surface area contributed by atoms with Crippen LogP contribution in [0.25, 0.3) is 11.4 Å². The van der Waals surface area contributed by atoms with Gasteiger partial charge in [0.05, 0.1) is 24.7 Å². The average Bonchev–Trinajstić information content (AvgIpc) is 3.08. The molecule has 3 heterocycles. The highest BCUT2D eigenvalue weighted by Crippen LogP contribution is 2.42. The van der Waals surface area contributed by atoms with Gasteiger partial charge in [-0.2, -0.15) is 0 Å². The molecule has 1 N–H and O–H groups in total. The van der Waals surface area contributed by atoms with Crippen molar-refractivity contribution < 1.29 is 19.4 Å². The predicted molar refractivity (Wildman–Crippen MR) is 98.3 cm³/mol. The van der Waals surface area contributed by atoms with Gasteiger partial charge in [-0.25, -0.2) is 9.97 Å². The van der Waals surface area contributed by atoms with E-state index in [2.05, 4.69) is 14.9 Å². The van der Waals surface area contributed by atoms with E-state index in [0.717, 1.165) is 23.4 Å². The number of rotatable bonds is 5. The van der Waals surface area contributed by atoms with E-state index < -0.39 is 11.4 Å². The van der Waals surface area contributed by atoms with Gasteiger partial charge in [0.2, 0.25) is 0 Å². The number of para-hydroxylation sites is 1. The molecular weight excluding hydrogens is 346 g/mol. The molecule has 0 aliphatic carbocycles. The molecule has 2 atom stereocenters. The normalized spacial score (nSPS) is 25.1. The Morgan fingerprint density at radius 3 is 2.85 bits per heavy atom. The van der Waals surface area contributed by atoms with Crippen LogP contribution in [0.3, 0.4) is 0 Å². The molecule has 0 unspecified atom stereocenters. The minimum Gasteiger partial charge on any atom is -0.496 e. The van der Waals surface area contributed by atoms with Gasteiger partial charge in [0.25, 0.3) is 0 Å². The van der Waals surface area contributed by atoms with Crippen molar-refractivity contribution in [2.45, 2.75) is 13.0 Å². The van der Waals surface area contributed by atoms with Gasteiger partial charge in [-0.15, -0.1) is 0 Å². The van der Waals surface area contributed by atoms with Crippen molar-refractivity contribution in [1.82, 2.24) is 14.9 Å². The van der Waals surface area contributed by atoms with Gasteiger partial charge in [-0.3, -0.25) is 9.69 Å². The molecule has 7 nitrogen and oxygen atoms in total. The lowest BCUT2D eigenvalue weighted by Crippen LogP contribution is -2.44. The van der Waals surface area contributed by atoms with E-state index in [0.29, 0.717) is 38.5 Å². The molecule has 2 fully saturated rings. The molecule has 27 heavy (non-hydrogen) atoms. The molecule has 7 heteroatoms. The third-order valence-corrected chi connectivity index (χ3v) is 5.66. The molecule has 2 aromatic rings. The number of hydrogen-bond acceptors (Lipinski definition) is 6. The van der Waals surface area contributed by atoms with E-state index in [4.69, 9.17) is 9.47 Å². The summed E-state index contributed by atoms with van der Waals surface area (Å²) in [6.07, 6.45) is 4.19. The minimum absolute atomic E-state index is 0.0394. The van der Waals surface area contributed by atoms with E-state index in [9.17, 15) is 9.90 Å². The Bertz CT molecular complexity index is 826. The number of aromatic nitrogens is 2. The summed E-state index contributed by atoms with van der Waals surface area (Å²) < 4.78 is 10.9. The van der Waals surface area contributed by atoms with Crippen LogP contribution in [0.4, 0.5) is 0 Å². The highest BCUT2D eigenvalue weighted by Gasteiger charge is 2.53. The number of fused-ring (bicyclic) bond motifs is 1. The Hall–Kier alpha value is -2.51. The van der Waals surface area contributed by atoms with Crippen LogP contribution in [0.15, 0.2) is 36.7 Å². The standard InChI is InChI=1S/C20H23N3O4/c1-26-17-5-3-2-4-16(17)18-21-8-14(9-22-18)10-23-11-15-12-27-7-6-20(15,13-23)19(24)25/h2-5,8-9,15H,6-7,10-13H2,1H3,(H,24,25)/t15-,20+/m1/s1. The van der Waals surface area contributed by atoms with Crippen LogP contribution in [0.5, 0.6) is 5.75 Å². The Balaban J connectivity index is 1.49. The molecule has 0 bridgehead atoms. The Labute approximate surface area is 158 Å². The second-order valence-electron chi connectivity index (χ2n) is 7.27. The van der Waals surface area contributed by atoms with Gasteiger partial charge in [0.15, 0.2) is 5.82 Å². The predicted octanol–water partition coefficient (Wildman–Crippen LogP) is 2.08. The van der Waals surface area contributed by atoms with Crippen LogP contribution >= 0.6 is 0 Å². The van der Waals surface area contributed by atoms with Crippen molar-refractivity contribution >= 4 is 5.97 Å². The molecule has 0 spiro atoms. The van der Waals surface area contributed by atoms with Crippen LogP contribution in [-0.2, 0) is 16.1 Å². The molecule has 142 valence electrons. The highest BCUT2D eigenvalue weighted by molar-refractivity contribution is 5.76. The fourth-order valence-corrected chi connectivity index (χ4v) is 4.19. The van der Waals surface area contributed by atoms with Crippen molar-refractivity contribution in [2.75, 3.05) is 33.4 Å². The Morgan fingerprint density at radius 1 is 1.37 bits per heavy atom. The number of methoxy groups -OCH3 is 1. The third-order valence-electron chi connectivity index (χ3n) is 5.66. The average molecular weight is 369 g/mol. The van der Waals surface area contributed by atoms with Gasteiger partial charge in [-0.1, -0.05) is 12.1 Å². The van der Waals surface area contributed by atoms with E-state index >= 15 is 0 Å². The zero-order valence-electron chi connectivity index (χ0n) is 15.3. The maximum atomic E-state index is 11.9. The molecule has 0 saturated carbocycles. The summed E-state index contributed by atoms with van der Waals surface area (Å²) in [5.74, 6) is 0.678. The quantitative estimate of drug-likeness (QED) is 0.864. The first-order valence-electron chi connectivity index (χ1n) is 9.10. The smallest absolute Gasteiger partial charge is 0.311 e. The zero-order chi connectivity index (χ0) is 18.9. The Morgan fingerprint density at radius 2 is 2.15 bits per heavy atom. The molecule has 0 radical (unpaired) electrons. The molecule has 0 amide bonds. The molecule has 2 aliphatic rings. The number of nitrogens with zero attached hydrogens (tertiary/aromatic N) is 3. The lowest BCUT2D eigenvalue weighted by atomic mass is 9.74. The Kier molecular flexibility index (Phi) is 4.80. The first-order chi connectivity index (χ1) is 13.1. The number of benzene rings is 1. The van der Waals surface area contributed by atoms with Crippen LogP contribution in [0.1, 0.15) is 12.0 Å². The van der Waals surface area contributed by atoms with Crippen molar-refractivity contribution in [3.8, 4) is 17.1 Å². The summed E-state index contributed by atoms with van der Waals surface area (Å²) in [4.78, 5) is 23.0. The number of carboxylic acid groups (broad SMARTS) is 1. The summed E-state index contributed by atoms with van der Waals surface area (Å²) in [6.45, 7) is 2.95. The fourth-order valence-electron chi connectivity index (χ4n) is 4.19. The van der Waals surface area contributed by atoms with Crippen LogP contribution in [0, 0.1) is 11.3 Å². The van der Waals surface area contributed by atoms with Crippen molar-refractivity contribution in [3.63, 3.8) is 0 Å². The number of aliphatic carboxylic acids is 1.